The molecule has 0 spiro atoms. The van der Waals surface area contributed by atoms with E-state index in [0.717, 1.165) is 17.7 Å². The zero-order valence-electron chi connectivity index (χ0n) is 13.4. The van der Waals surface area contributed by atoms with Crippen LogP contribution in [0.15, 0.2) is 36.4 Å². The molecule has 3 rings (SSSR count). The zero-order valence-corrected chi connectivity index (χ0v) is 13.4. The molecule has 1 N–H and O–H groups in total. The van der Waals surface area contributed by atoms with Gasteiger partial charge in [-0.1, -0.05) is 0 Å². The van der Waals surface area contributed by atoms with Crippen molar-refractivity contribution >= 4 is 11.6 Å². The van der Waals surface area contributed by atoms with Crippen LogP contribution in [-0.2, 0) is 6.42 Å². The fraction of sp³-hybridized carbons (Fsp3) is 0.278. The number of methoxy groups -OCH3 is 2. The summed E-state index contributed by atoms with van der Waals surface area (Å²) in [5, 5.41) is 2.87. The molecule has 120 valence electrons. The number of carbonyl (C=O) groups excluding carboxylic acids is 1. The minimum atomic E-state index is -0.195. The Morgan fingerprint density at radius 3 is 2.74 bits per heavy atom. The molecule has 0 fully saturated rings. The molecule has 1 atom stereocenters. The van der Waals surface area contributed by atoms with Gasteiger partial charge in [0.25, 0.3) is 5.91 Å². The monoisotopic (exact) mass is 313 g/mol. The first kappa shape index (κ1) is 15.2. The molecule has 0 saturated heterocycles. The number of hydrogen-bond acceptors (Lipinski definition) is 4. The van der Waals surface area contributed by atoms with Crippen molar-refractivity contribution in [3.8, 4) is 17.2 Å². The SMILES string of the molecule is COc1ccc(OC)c(NC(=O)c2ccc3c(c2)C[C@H](C)O3)c1. The first-order valence-corrected chi connectivity index (χ1v) is 7.43. The fourth-order valence-electron chi connectivity index (χ4n) is 2.67. The minimum Gasteiger partial charge on any atom is -0.497 e. The Balaban J connectivity index is 1.84. The lowest BCUT2D eigenvalue weighted by atomic mass is 10.1. The van der Waals surface area contributed by atoms with Crippen molar-refractivity contribution < 1.29 is 19.0 Å². The van der Waals surface area contributed by atoms with Crippen LogP contribution in [0.4, 0.5) is 5.69 Å². The molecular formula is C18H19NO4. The predicted molar refractivity (Wildman–Crippen MR) is 87.7 cm³/mol. The molecule has 1 aliphatic heterocycles. The van der Waals surface area contributed by atoms with E-state index in [1.807, 2.05) is 19.1 Å². The highest BCUT2D eigenvalue weighted by atomic mass is 16.5. The molecule has 5 nitrogen and oxygen atoms in total. The lowest BCUT2D eigenvalue weighted by molar-refractivity contribution is 0.102. The predicted octanol–water partition coefficient (Wildman–Crippen LogP) is 3.28. The average Bonchev–Trinajstić information content (AvgIpc) is 2.93. The summed E-state index contributed by atoms with van der Waals surface area (Å²) >= 11 is 0. The zero-order chi connectivity index (χ0) is 16.4. The van der Waals surface area contributed by atoms with Crippen molar-refractivity contribution in [3.63, 3.8) is 0 Å². The van der Waals surface area contributed by atoms with Gasteiger partial charge in [-0.25, -0.2) is 0 Å². The van der Waals surface area contributed by atoms with Gasteiger partial charge < -0.3 is 19.5 Å². The number of amides is 1. The molecule has 1 aliphatic rings. The quantitative estimate of drug-likeness (QED) is 0.941. The molecule has 2 aromatic rings. The molecule has 0 aliphatic carbocycles. The van der Waals surface area contributed by atoms with E-state index >= 15 is 0 Å². The van der Waals surface area contributed by atoms with Crippen LogP contribution < -0.4 is 19.5 Å². The highest BCUT2D eigenvalue weighted by Crippen LogP contribution is 2.31. The summed E-state index contributed by atoms with van der Waals surface area (Å²) in [4.78, 5) is 12.5. The molecular weight excluding hydrogens is 294 g/mol. The van der Waals surface area contributed by atoms with Crippen LogP contribution >= 0.6 is 0 Å². The van der Waals surface area contributed by atoms with E-state index in [0.29, 0.717) is 22.7 Å². The number of ether oxygens (including phenoxy) is 3. The molecule has 0 radical (unpaired) electrons. The van der Waals surface area contributed by atoms with Crippen LogP contribution in [0, 0.1) is 0 Å². The number of rotatable bonds is 4. The third kappa shape index (κ3) is 3.08. The van der Waals surface area contributed by atoms with E-state index in [1.54, 1.807) is 38.5 Å². The van der Waals surface area contributed by atoms with Crippen molar-refractivity contribution in [2.45, 2.75) is 19.4 Å². The first-order chi connectivity index (χ1) is 11.1. The summed E-state index contributed by atoms with van der Waals surface area (Å²) in [5.41, 5.74) is 2.22. The Kier molecular flexibility index (Phi) is 4.10. The number of nitrogens with one attached hydrogen (secondary N) is 1. The van der Waals surface area contributed by atoms with Crippen LogP contribution in [-0.4, -0.2) is 26.2 Å². The molecule has 5 heteroatoms. The van der Waals surface area contributed by atoms with Gasteiger partial charge in [-0.2, -0.15) is 0 Å². The van der Waals surface area contributed by atoms with Crippen molar-refractivity contribution in [3.05, 3.63) is 47.5 Å². The van der Waals surface area contributed by atoms with Crippen LogP contribution in [0.1, 0.15) is 22.8 Å². The van der Waals surface area contributed by atoms with Crippen molar-refractivity contribution in [2.75, 3.05) is 19.5 Å². The van der Waals surface area contributed by atoms with Crippen LogP contribution in [0.2, 0.25) is 0 Å². The Morgan fingerprint density at radius 1 is 1.17 bits per heavy atom. The Hall–Kier alpha value is -2.69. The standard InChI is InChI=1S/C18H19NO4/c1-11-8-13-9-12(4-6-16(13)23-11)18(20)19-15-10-14(21-2)5-7-17(15)22-3/h4-7,9-11H,8H2,1-3H3,(H,19,20)/t11-/m0/s1. The first-order valence-electron chi connectivity index (χ1n) is 7.43. The van der Waals surface area contributed by atoms with Gasteiger partial charge in [-0.15, -0.1) is 0 Å². The number of carbonyl (C=O) groups is 1. The van der Waals surface area contributed by atoms with Crippen molar-refractivity contribution in [2.24, 2.45) is 0 Å². The summed E-state index contributed by atoms with van der Waals surface area (Å²) in [7, 11) is 3.14. The van der Waals surface area contributed by atoms with Gasteiger partial charge in [0.05, 0.1) is 19.9 Å². The maximum Gasteiger partial charge on any atom is 0.255 e. The number of hydrogen-bond donors (Lipinski definition) is 1. The van der Waals surface area contributed by atoms with E-state index in [9.17, 15) is 4.79 Å². The maximum absolute atomic E-state index is 12.5. The topological polar surface area (TPSA) is 56.8 Å². The highest BCUT2D eigenvalue weighted by molar-refractivity contribution is 6.05. The van der Waals surface area contributed by atoms with E-state index in [2.05, 4.69) is 5.32 Å². The maximum atomic E-state index is 12.5. The van der Waals surface area contributed by atoms with E-state index < -0.39 is 0 Å². The average molecular weight is 313 g/mol. The second-order valence-corrected chi connectivity index (χ2v) is 5.48. The van der Waals surface area contributed by atoms with E-state index in [4.69, 9.17) is 14.2 Å². The Morgan fingerprint density at radius 2 is 2.00 bits per heavy atom. The molecule has 0 saturated carbocycles. The third-order valence-corrected chi connectivity index (χ3v) is 3.81. The van der Waals surface area contributed by atoms with Crippen LogP contribution in [0.3, 0.4) is 0 Å². The van der Waals surface area contributed by atoms with Crippen molar-refractivity contribution in [1.29, 1.82) is 0 Å². The number of fused-ring (bicyclic) bond motifs is 1. The minimum absolute atomic E-state index is 0.154. The molecule has 0 aromatic heterocycles. The highest BCUT2D eigenvalue weighted by Gasteiger charge is 2.20. The molecule has 23 heavy (non-hydrogen) atoms. The van der Waals surface area contributed by atoms with E-state index in [-0.39, 0.29) is 12.0 Å². The van der Waals surface area contributed by atoms with Gasteiger partial charge in [-0.05, 0) is 42.8 Å². The van der Waals surface area contributed by atoms with Gasteiger partial charge in [0, 0.05) is 18.1 Å². The molecule has 1 heterocycles. The third-order valence-electron chi connectivity index (χ3n) is 3.81. The lowest BCUT2D eigenvalue weighted by Gasteiger charge is -2.12. The molecule has 1 amide bonds. The van der Waals surface area contributed by atoms with Gasteiger partial charge in [0.1, 0.15) is 23.4 Å². The van der Waals surface area contributed by atoms with Gasteiger partial charge in [0.2, 0.25) is 0 Å². The number of benzene rings is 2. The van der Waals surface area contributed by atoms with Crippen LogP contribution in [0.5, 0.6) is 17.2 Å². The molecule has 2 aromatic carbocycles. The van der Waals surface area contributed by atoms with Crippen LogP contribution in [0.25, 0.3) is 0 Å². The summed E-state index contributed by atoms with van der Waals surface area (Å²) in [6.07, 6.45) is 0.973. The van der Waals surface area contributed by atoms with Gasteiger partial charge >= 0.3 is 0 Å². The van der Waals surface area contributed by atoms with Crippen molar-refractivity contribution in [1.82, 2.24) is 0 Å². The summed E-state index contributed by atoms with van der Waals surface area (Å²) < 4.78 is 16.1. The largest absolute Gasteiger partial charge is 0.497 e. The Bertz CT molecular complexity index is 742. The Labute approximate surface area is 135 Å². The fourth-order valence-corrected chi connectivity index (χ4v) is 2.67. The summed E-state index contributed by atoms with van der Waals surface area (Å²) in [6.45, 7) is 2.01. The lowest BCUT2D eigenvalue weighted by Crippen LogP contribution is -2.13. The summed E-state index contributed by atoms with van der Waals surface area (Å²) in [5.74, 6) is 1.89. The smallest absolute Gasteiger partial charge is 0.255 e. The number of anilines is 1. The van der Waals surface area contributed by atoms with E-state index in [1.165, 1.54) is 0 Å². The van der Waals surface area contributed by atoms with Gasteiger partial charge in [0.15, 0.2) is 0 Å². The molecule has 0 unspecified atom stereocenters. The summed E-state index contributed by atoms with van der Waals surface area (Å²) in [6, 6.07) is 10.8. The normalized spacial score (nSPS) is 15.5. The molecule has 0 bridgehead atoms. The second-order valence-electron chi connectivity index (χ2n) is 5.48. The second kappa shape index (κ2) is 6.20. The van der Waals surface area contributed by atoms with Gasteiger partial charge in [-0.3, -0.25) is 4.79 Å².